The third kappa shape index (κ3) is 24.1. The van der Waals surface area contributed by atoms with Crippen LogP contribution in [0.3, 0.4) is 0 Å². The Bertz CT molecular complexity index is 1100. The van der Waals surface area contributed by atoms with Gasteiger partial charge in [0.25, 0.3) is 0 Å². The zero-order chi connectivity index (χ0) is 45.4. The van der Waals surface area contributed by atoms with E-state index < -0.39 is 92.7 Å². The Morgan fingerprint density at radius 2 is 0.823 bits per heavy atom. The molecular weight excluding hydrogens is 805 g/mol. The number of ether oxygens (including phenoxy) is 6. The largest absolute Gasteiger partial charge is 0.462 e. The fourth-order valence-electron chi connectivity index (χ4n) is 7.98. The summed E-state index contributed by atoms with van der Waals surface area (Å²) in [7, 11) is 0. The molecule has 2 aliphatic heterocycles. The van der Waals surface area contributed by atoms with E-state index in [9.17, 15) is 45.3 Å². The number of aliphatic hydroxyl groups is 7. The van der Waals surface area contributed by atoms with Crippen molar-refractivity contribution in [2.75, 3.05) is 26.4 Å². The SMILES string of the molecule is CCCCCCCCCCCCCCCC(=O)OCC(COC1OC(COC2OC(CO)C(O)C(O)C2O)C(O)C(O)C1O)OC(=O)CCCCCCCCCCCCCCC. The van der Waals surface area contributed by atoms with E-state index >= 15 is 0 Å². The van der Waals surface area contributed by atoms with Crippen molar-refractivity contribution in [3.63, 3.8) is 0 Å². The van der Waals surface area contributed by atoms with Crippen molar-refractivity contribution in [1.82, 2.24) is 0 Å². The summed E-state index contributed by atoms with van der Waals surface area (Å²) < 4.78 is 33.5. The Morgan fingerprint density at radius 1 is 0.452 bits per heavy atom. The zero-order valence-electron chi connectivity index (χ0n) is 38.4. The molecule has 0 radical (unpaired) electrons. The molecule has 2 fully saturated rings. The number of esters is 2. The number of rotatable bonds is 38. The van der Waals surface area contributed by atoms with E-state index in [0.29, 0.717) is 12.8 Å². The first-order valence-corrected chi connectivity index (χ1v) is 24.6. The molecule has 0 spiro atoms. The summed E-state index contributed by atoms with van der Waals surface area (Å²) in [4.78, 5) is 25.7. The van der Waals surface area contributed by atoms with E-state index in [1.807, 2.05) is 0 Å². The van der Waals surface area contributed by atoms with Gasteiger partial charge in [-0.3, -0.25) is 9.59 Å². The van der Waals surface area contributed by atoms with E-state index in [4.69, 9.17) is 28.4 Å². The summed E-state index contributed by atoms with van der Waals surface area (Å²) in [5, 5.41) is 71.9. The maximum absolute atomic E-state index is 13.0. The van der Waals surface area contributed by atoms with Crippen LogP contribution < -0.4 is 0 Å². The minimum Gasteiger partial charge on any atom is -0.462 e. The normalized spacial score (nSPS) is 27.0. The summed E-state index contributed by atoms with van der Waals surface area (Å²) in [6.45, 7) is 2.60. The van der Waals surface area contributed by atoms with Gasteiger partial charge >= 0.3 is 11.9 Å². The van der Waals surface area contributed by atoms with Crippen LogP contribution >= 0.6 is 0 Å². The molecule has 15 nitrogen and oxygen atoms in total. The maximum Gasteiger partial charge on any atom is 0.306 e. The Labute approximate surface area is 372 Å². The van der Waals surface area contributed by atoms with E-state index in [0.717, 1.165) is 38.5 Å². The average Bonchev–Trinajstić information content (AvgIpc) is 3.26. The lowest BCUT2D eigenvalue weighted by atomic mass is 9.98. The number of aliphatic hydroxyl groups excluding tert-OH is 7. The molecule has 0 aromatic carbocycles. The molecule has 0 aromatic rings. The highest BCUT2D eigenvalue weighted by Crippen LogP contribution is 2.26. The van der Waals surface area contributed by atoms with Crippen molar-refractivity contribution in [1.29, 1.82) is 0 Å². The van der Waals surface area contributed by atoms with Crippen molar-refractivity contribution < 1.29 is 73.8 Å². The predicted molar refractivity (Wildman–Crippen MR) is 234 cm³/mol. The minimum absolute atomic E-state index is 0.173. The molecule has 2 heterocycles. The van der Waals surface area contributed by atoms with Crippen LogP contribution in [0.25, 0.3) is 0 Å². The van der Waals surface area contributed by atoms with E-state index in [1.54, 1.807) is 0 Å². The molecule has 0 saturated carbocycles. The highest BCUT2D eigenvalue weighted by Gasteiger charge is 2.47. The summed E-state index contributed by atoms with van der Waals surface area (Å²) in [6.07, 6.45) is 14.2. The van der Waals surface area contributed by atoms with Crippen LogP contribution in [0.5, 0.6) is 0 Å². The quantitative estimate of drug-likeness (QED) is 0.0277. The molecule has 0 aliphatic carbocycles. The molecule has 11 atom stereocenters. The van der Waals surface area contributed by atoms with Gasteiger partial charge in [-0.05, 0) is 12.8 Å². The maximum atomic E-state index is 13.0. The molecule has 11 unspecified atom stereocenters. The van der Waals surface area contributed by atoms with Crippen molar-refractivity contribution in [2.24, 2.45) is 0 Å². The second kappa shape index (κ2) is 35.7. The van der Waals surface area contributed by atoms with Crippen LogP contribution in [-0.2, 0) is 38.0 Å². The lowest BCUT2D eigenvalue weighted by Gasteiger charge is -2.42. The zero-order valence-corrected chi connectivity index (χ0v) is 38.4. The fraction of sp³-hybridized carbons (Fsp3) is 0.957. The molecule has 2 aliphatic rings. The number of carbonyl (C=O) groups is 2. The lowest BCUT2D eigenvalue weighted by Crippen LogP contribution is -2.61. The molecule has 0 amide bonds. The summed E-state index contributed by atoms with van der Waals surface area (Å²) >= 11 is 0. The van der Waals surface area contributed by atoms with Gasteiger partial charge < -0.3 is 64.2 Å². The molecule has 2 saturated heterocycles. The predicted octanol–water partition coefficient (Wildman–Crippen LogP) is 6.04. The average molecular weight is 893 g/mol. The first-order chi connectivity index (χ1) is 30.0. The van der Waals surface area contributed by atoms with Gasteiger partial charge in [-0.1, -0.05) is 168 Å². The highest BCUT2D eigenvalue weighted by atomic mass is 16.7. The second-order valence-corrected chi connectivity index (χ2v) is 17.7. The molecule has 2 rings (SSSR count). The fourth-order valence-corrected chi connectivity index (χ4v) is 7.98. The van der Waals surface area contributed by atoms with Gasteiger partial charge in [-0.15, -0.1) is 0 Å². The lowest BCUT2D eigenvalue weighted by molar-refractivity contribution is -0.332. The van der Waals surface area contributed by atoms with Crippen LogP contribution in [-0.4, -0.2) is 142 Å². The molecule has 366 valence electrons. The van der Waals surface area contributed by atoms with E-state index in [2.05, 4.69) is 13.8 Å². The Hall–Kier alpha value is -1.50. The van der Waals surface area contributed by atoms with Crippen molar-refractivity contribution in [2.45, 2.75) is 261 Å². The Balaban J connectivity index is 1.83. The van der Waals surface area contributed by atoms with Crippen molar-refractivity contribution >= 4 is 11.9 Å². The molecular formula is C47H88O15. The van der Waals surface area contributed by atoms with Crippen LogP contribution in [0.2, 0.25) is 0 Å². The number of carbonyl (C=O) groups excluding carboxylic acids is 2. The highest BCUT2D eigenvalue weighted by molar-refractivity contribution is 5.70. The van der Waals surface area contributed by atoms with Crippen molar-refractivity contribution in [3.05, 3.63) is 0 Å². The van der Waals surface area contributed by atoms with Gasteiger partial charge in [0, 0.05) is 12.8 Å². The topological polar surface area (TPSA) is 231 Å². The van der Waals surface area contributed by atoms with Gasteiger partial charge in [0.05, 0.1) is 19.8 Å². The molecule has 0 aromatic heterocycles. The number of unbranched alkanes of at least 4 members (excludes halogenated alkanes) is 24. The smallest absolute Gasteiger partial charge is 0.306 e. The Morgan fingerprint density at radius 3 is 1.26 bits per heavy atom. The third-order valence-corrected chi connectivity index (χ3v) is 12.1. The molecule has 15 heteroatoms. The summed E-state index contributed by atoms with van der Waals surface area (Å²) in [5.74, 6) is -0.913. The third-order valence-electron chi connectivity index (χ3n) is 12.1. The number of hydrogen-bond acceptors (Lipinski definition) is 15. The minimum atomic E-state index is -1.76. The van der Waals surface area contributed by atoms with Gasteiger partial charge in [-0.25, -0.2) is 0 Å². The van der Waals surface area contributed by atoms with Crippen LogP contribution in [0.1, 0.15) is 194 Å². The van der Waals surface area contributed by atoms with Crippen LogP contribution in [0, 0.1) is 0 Å². The summed E-state index contributed by atoms with van der Waals surface area (Å²) in [5.41, 5.74) is 0. The standard InChI is InChI=1S/C47H88O15/c1-3-5-7-9-11-13-15-17-19-21-23-25-27-29-38(49)57-32-35(60-39(50)30-28-26-24-22-20-18-16-14-12-10-8-6-4-2)33-58-46-45(56)43(54)41(52)37(62-46)34-59-47-44(55)42(53)40(51)36(31-48)61-47/h35-37,40-48,51-56H,3-34H2,1-2H3. The monoisotopic (exact) mass is 893 g/mol. The first-order valence-electron chi connectivity index (χ1n) is 24.6. The molecule has 0 bridgehead atoms. The molecule has 7 N–H and O–H groups in total. The van der Waals surface area contributed by atoms with Crippen LogP contribution in [0.15, 0.2) is 0 Å². The first kappa shape index (κ1) is 56.6. The van der Waals surface area contributed by atoms with E-state index in [1.165, 1.54) is 116 Å². The van der Waals surface area contributed by atoms with Crippen LogP contribution in [0.4, 0.5) is 0 Å². The van der Waals surface area contributed by atoms with Gasteiger partial charge in [0.1, 0.15) is 55.4 Å². The second-order valence-electron chi connectivity index (χ2n) is 17.7. The molecule has 62 heavy (non-hydrogen) atoms. The summed E-state index contributed by atoms with van der Waals surface area (Å²) in [6, 6.07) is 0. The van der Waals surface area contributed by atoms with Crippen molar-refractivity contribution in [3.8, 4) is 0 Å². The van der Waals surface area contributed by atoms with Gasteiger partial charge in [-0.2, -0.15) is 0 Å². The van der Waals surface area contributed by atoms with E-state index in [-0.39, 0.29) is 26.1 Å². The Kier molecular flexibility index (Phi) is 32.6. The van der Waals surface area contributed by atoms with Gasteiger partial charge in [0.15, 0.2) is 18.7 Å². The van der Waals surface area contributed by atoms with Gasteiger partial charge in [0.2, 0.25) is 0 Å². The number of hydrogen-bond donors (Lipinski definition) is 7.